The molecule has 2 rings (SSSR count). The van der Waals surface area contributed by atoms with Crippen molar-refractivity contribution in [1.82, 2.24) is 9.97 Å². The summed E-state index contributed by atoms with van der Waals surface area (Å²) in [7, 11) is 0. The van der Waals surface area contributed by atoms with Gasteiger partial charge in [0.1, 0.15) is 23.7 Å². The van der Waals surface area contributed by atoms with Crippen LogP contribution in [0.1, 0.15) is 19.4 Å². The standard InChI is InChI=1S/C14H14BrClFN3O/c1-3-8-13(18-4-2)19-7-20-14(8)21-12-6-11(17)10(16)5-9(12)15/h5-7H,3-4H2,1-2H3,(H,18,19,20). The van der Waals surface area contributed by atoms with Crippen LogP contribution in [0.3, 0.4) is 0 Å². The molecule has 0 saturated carbocycles. The highest BCUT2D eigenvalue weighted by molar-refractivity contribution is 9.10. The van der Waals surface area contributed by atoms with Gasteiger partial charge in [-0.15, -0.1) is 0 Å². The van der Waals surface area contributed by atoms with Gasteiger partial charge in [0.05, 0.1) is 15.1 Å². The number of halogens is 3. The Labute approximate surface area is 135 Å². The summed E-state index contributed by atoms with van der Waals surface area (Å²) < 4.78 is 19.8. The molecule has 7 heteroatoms. The molecule has 1 N–H and O–H groups in total. The van der Waals surface area contributed by atoms with E-state index in [0.717, 1.165) is 17.9 Å². The molecular weight excluding hydrogens is 361 g/mol. The van der Waals surface area contributed by atoms with Crippen molar-refractivity contribution in [2.75, 3.05) is 11.9 Å². The zero-order valence-corrected chi connectivity index (χ0v) is 13.9. The summed E-state index contributed by atoms with van der Waals surface area (Å²) in [6.45, 7) is 4.69. The Hall–Kier alpha value is -1.40. The molecule has 0 radical (unpaired) electrons. The highest BCUT2D eigenvalue weighted by atomic mass is 79.9. The second kappa shape index (κ2) is 7.04. The van der Waals surface area contributed by atoms with Crippen LogP contribution < -0.4 is 10.1 Å². The number of anilines is 1. The number of nitrogens with one attached hydrogen (secondary N) is 1. The van der Waals surface area contributed by atoms with Gasteiger partial charge in [-0.05, 0) is 35.3 Å². The van der Waals surface area contributed by atoms with Crippen molar-refractivity contribution in [3.63, 3.8) is 0 Å². The zero-order valence-electron chi connectivity index (χ0n) is 11.6. The molecule has 0 aliphatic carbocycles. The maximum atomic E-state index is 13.6. The van der Waals surface area contributed by atoms with Gasteiger partial charge in [-0.25, -0.2) is 14.4 Å². The van der Waals surface area contributed by atoms with Crippen LogP contribution in [0.5, 0.6) is 11.6 Å². The summed E-state index contributed by atoms with van der Waals surface area (Å²) in [6, 6.07) is 2.67. The summed E-state index contributed by atoms with van der Waals surface area (Å²) in [6.07, 6.45) is 2.10. The fraction of sp³-hybridized carbons (Fsp3) is 0.286. The number of ether oxygens (including phenoxy) is 1. The van der Waals surface area contributed by atoms with Gasteiger partial charge in [0.15, 0.2) is 0 Å². The largest absolute Gasteiger partial charge is 0.437 e. The number of aromatic nitrogens is 2. The van der Waals surface area contributed by atoms with Crippen LogP contribution >= 0.6 is 27.5 Å². The Kier molecular flexibility index (Phi) is 5.36. The minimum absolute atomic E-state index is 0.0287. The molecule has 0 aliphatic rings. The monoisotopic (exact) mass is 373 g/mol. The van der Waals surface area contributed by atoms with Crippen molar-refractivity contribution in [3.05, 3.63) is 39.3 Å². The van der Waals surface area contributed by atoms with E-state index in [0.29, 0.717) is 22.5 Å². The van der Waals surface area contributed by atoms with E-state index in [1.54, 1.807) is 0 Å². The molecule has 0 bridgehead atoms. The Morgan fingerprint density at radius 2 is 2.10 bits per heavy atom. The van der Waals surface area contributed by atoms with Gasteiger partial charge in [-0.3, -0.25) is 0 Å². The fourth-order valence-electron chi connectivity index (χ4n) is 1.81. The van der Waals surface area contributed by atoms with E-state index in [4.69, 9.17) is 16.3 Å². The number of benzene rings is 1. The first kappa shape index (κ1) is 16.0. The third-order valence-corrected chi connectivity index (χ3v) is 3.69. The number of rotatable bonds is 5. The lowest BCUT2D eigenvalue weighted by Crippen LogP contribution is -2.06. The highest BCUT2D eigenvalue weighted by Crippen LogP contribution is 2.35. The quantitative estimate of drug-likeness (QED) is 0.762. The number of hydrogen-bond acceptors (Lipinski definition) is 4. The first-order valence-electron chi connectivity index (χ1n) is 6.46. The molecule has 1 aromatic heterocycles. The smallest absolute Gasteiger partial charge is 0.227 e. The van der Waals surface area contributed by atoms with Crippen LogP contribution in [0.2, 0.25) is 5.02 Å². The fourth-order valence-corrected chi connectivity index (χ4v) is 2.53. The van der Waals surface area contributed by atoms with Gasteiger partial charge in [0, 0.05) is 12.6 Å². The molecule has 0 atom stereocenters. The molecule has 112 valence electrons. The molecule has 4 nitrogen and oxygen atoms in total. The van der Waals surface area contributed by atoms with Crippen LogP contribution in [0.25, 0.3) is 0 Å². The Bertz CT molecular complexity index is 654. The molecule has 1 heterocycles. The van der Waals surface area contributed by atoms with Crippen LogP contribution in [0.15, 0.2) is 22.9 Å². The molecule has 2 aromatic rings. The van der Waals surface area contributed by atoms with E-state index >= 15 is 0 Å². The third-order valence-electron chi connectivity index (χ3n) is 2.79. The average Bonchev–Trinajstić information content (AvgIpc) is 2.45. The maximum absolute atomic E-state index is 13.6. The average molecular weight is 375 g/mol. The van der Waals surface area contributed by atoms with Crippen molar-refractivity contribution < 1.29 is 9.13 Å². The molecule has 0 amide bonds. The van der Waals surface area contributed by atoms with E-state index < -0.39 is 5.82 Å². The van der Waals surface area contributed by atoms with E-state index in [1.165, 1.54) is 18.5 Å². The van der Waals surface area contributed by atoms with Crippen molar-refractivity contribution in [1.29, 1.82) is 0 Å². The summed E-state index contributed by atoms with van der Waals surface area (Å²) in [5.41, 5.74) is 0.835. The third kappa shape index (κ3) is 3.63. The normalized spacial score (nSPS) is 10.5. The maximum Gasteiger partial charge on any atom is 0.227 e. The topological polar surface area (TPSA) is 47.0 Å². The number of hydrogen-bond donors (Lipinski definition) is 1. The molecule has 0 fully saturated rings. The van der Waals surface area contributed by atoms with Crippen LogP contribution in [-0.2, 0) is 6.42 Å². The molecule has 0 spiro atoms. The van der Waals surface area contributed by atoms with Gasteiger partial charge in [0.25, 0.3) is 0 Å². The van der Waals surface area contributed by atoms with Crippen LogP contribution in [0, 0.1) is 5.82 Å². The summed E-state index contributed by atoms with van der Waals surface area (Å²) >= 11 is 9.02. The molecular formula is C14H14BrClFN3O. The Morgan fingerprint density at radius 3 is 2.76 bits per heavy atom. The SMILES string of the molecule is CCNc1ncnc(Oc2cc(F)c(Cl)cc2Br)c1CC. The Balaban J connectivity index is 2.40. The van der Waals surface area contributed by atoms with Gasteiger partial charge in [-0.1, -0.05) is 18.5 Å². The molecule has 0 unspecified atom stereocenters. The molecule has 0 saturated heterocycles. The van der Waals surface area contributed by atoms with Crippen molar-refractivity contribution >= 4 is 33.3 Å². The lowest BCUT2D eigenvalue weighted by atomic mass is 10.2. The minimum Gasteiger partial charge on any atom is -0.437 e. The second-order valence-electron chi connectivity index (χ2n) is 4.19. The first-order valence-corrected chi connectivity index (χ1v) is 7.64. The van der Waals surface area contributed by atoms with E-state index in [-0.39, 0.29) is 5.02 Å². The summed E-state index contributed by atoms with van der Waals surface area (Å²) in [5.74, 6) is 0.878. The molecule has 21 heavy (non-hydrogen) atoms. The van der Waals surface area contributed by atoms with Crippen LogP contribution in [-0.4, -0.2) is 16.5 Å². The van der Waals surface area contributed by atoms with Crippen LogP contribution in [0.4, 0.5) is 10.2 Å². The molecule has 1 aromatic carbocycles. The van der Waals surface area contributed by atoms with Crippen molar-refractivity contribution in [2.45, 2.75) is 20.3 Å². The highest BCUT2D eigenvalue weighted by Gasteiger charge is 2.14. The van der Waals surface area contributed by atoms with E-state index in [2.05, 4.69) is 31.2 Å². The Morgan fingerprint density at radius 1 is 1.33 bits per heavy atom. The van der Waals surface area contributed by atoms with E-state index in [1.807, 2.05) is 13.8 Å². The minimum atomic E-state index is -0.547. The predicted octanol–water partition coefficient (Wildman–Crippen LogP) is 4.82. The summed E-state index contributed by atoms with van der Waals surface area (Å²) in [4.78, 5) is 8.32. The van der Waals surface area contributed by atoms with Crippen molar-refractivity contribution in [3.8, 4) is 11.6 Å². The van der Waals surface area contributed by atoms with Gasteiger partial charge >= 0.3 is 0 Å². The lowest BCUT2D eigenvalue weighted by Gasteiger charge is -2.13. The molecule has 0 aliphatic heterocycles. The van der Waals surface area contributed by atoms with E-state index in [9.17, 15) is 4.39 Å². The lowest BCUT2D eigenvalue weighted by molar-refractivity contribution is 0.448. The zero-order chi connectivity index (χ0) is 15.4. The van der Waals surface area contributed by atoms with Gasteiger partial charge in [-0.2, -0.15) is 0 Å². The van der Waals surface area contributed by atoms with Gasteiger partial charge in [0.2, 0.25) is 5.88 Å². The first-order chi connectivity index (χ1) is 10.1. The summed E-state index contributed by atoms with van der Waals surface area (Å²) in [5, 5.41) is 3.18. The van der Waals surface area contributed by atoms with Crippen molar-refractivity contribution in [2.24, 2.45) is 0 Å². The van der Waals surface area contributed by atoms with Gasteiger partial charge < -0.3 is 10.1 Å². The predicted molar refractivity (Wildman–Crippen MR) is 84.8 cm³/mol. The number of nitrogens with zero attached hydrogens (tertiary/aromatic N) is 2. The second-order valence-corrected chi connectivity index (χ2v) is 5.45.